The number of hydrogen-bond donors (Lipinski definition) is 1. The van der Waals surface area contributed by atoms with Crippen molar-refractivity contribution < 1.29 is 14.3 Å². The molecule has 0 spiro atoms. The van der Waals surface area contributed by atoms with Crippen LogP contribution >= 0.6 is 0 Å². The monoisotopic (exact) mass is 320 g/mol. The fourth-order valence-electron chi connectivity index (χ4n) is 3.26. The highest BCUT2D eigenvalue weighted by atomic mass is 16.5. The van der Waals surface area contributed by atoms with Crippen molar-refractivity contribution in [3.8, 4) is 0 Å². The van der Waals surface area contributed by atoms with Gasteiger partial charge in [0.15, 0.2) is 5.69 Å². The molecule has 2 fully saturated rings. The largest absolute Gasteiger partial charge is 0.381 e. The summed E-state index contributed by atoms with van der Waals surface area (Å²) in [6.07, 6.45) is 2.60. The first-order chi connectivity index (χ1) is 11.1. The van der Waals surface area contributed by atoms with Gasteiger partial charge in [0.1, 0.15) is 6.04 Å². The topological polar surface area (TPSA) is 76.5 Å². The minimum Gasteiger partial charge on any atom is -0.381 e. The maximum atomic E-state index is 12.8. The van der Waals surface area contributed by atoms with Crippen LogP contribution in [0.15, 0.2) is 6.07 Å². The van der Waals surface area contributed by atoms with Crippen LogP contribution in [0.5, 0.6) is 0 Å². The minimum absolute atomic E-state index is 0.101. The van der Waals surface area contributed by atoms with E-state index in [0.717, 1.165) is 38.2 Å². The predicted molar refractivity (Wildman–Crippen MR) is 84.2 cm³/mol. The third-order valence-electron chi connectivity index (χ3n) is 4.66. The van der Waals surface area contributed by atoms with Crippen molar-refractivity contribution >= 4 is 11.8 Å². The second-order valence-electron chi connectivity index (χ2n) is 6.28. The quantitative estimate of drug-likeness (QED) is 0.878. The van der Waals surface area contributed by atoms with Gasteiger partial charge in [0, 0.05) is 32.0 Å². The molecule has 3 heterocycles. The van der Waals surface area contributed by atoms with Gasteiger partial charge < -0.3 is 15.0 Å². The molecule has 126 valence electrons. The van der Waals surface area contributed by atoms with Crippen molar-refractivity contribution in [2.24, 2.45) is 0 Å². The number of amides is 2. The fourth-order valence-corrected chi connectivity index (χ4v) is 3.26. The summed E-state index contributed by atoms with van der Waals surface area (Å²) in [5.74, 6) is -0.264. The molecule has 1 aromatic rings. The van der Waals surface area contributed by atoms with Gasteiger partial charge in [-0.1, -0.05) is 0 Å². The van der Waals surface area contributed by atoms with Crippen LogP contribution in [-0.4, -0.2) is 58.8 Å². The van der Waals surface area contributed by atoms with Gasteiger partial charge in [-0.3, -0.25) is 14.3 Å². The van der Waals surface area contributed by atoms with E-state index in [2.05, 4.69) is 10.4 Å². The number of carbonyl (C=O) groups is 2. The van der Waals surface area contributed by atoms with Crippen LogP contribution in [0.25, 0.3) is 0 Å². The number of nitrogens with one attached hydrogen (secondary N) is 1. The van der Waals surface area contributed by atoms with Crippen molar-refractivity contribution in [3.05, 3.63) is 17.5 Å². The normalized spacial score (nSPS) is 23.5. The lowest BCUT2D eigenvalue weighted by Gasteiger charge is -2.25. The van der Waals surface area contributed by atoms with Crippen molar-refractivity contribution in [1.29, 1.82) is 0 Å². The molecule has 0 aliphatic carbocycles. The molecule has 0 saturated carbocycles. The summed E-state index contributed by atoms with van der Waals surface area (Å²) in [4.78, 5) is 26.4. The molecule has 0 bridgehead atoms. The Labute approximate surface area is 136 Å². The molecular formula is C16H24N4O3. The highest BCUT2D eigenvalue weighted by Gasteiger charge is 2.30. The Bertz CT molecular complexity index is 592. The van der Waals surface area contributed by atoms with Crippen LogP contribution in [-0.2, 0) is 9.53 Å². The molecule has 1 N–H and O–H groups in total. The van der Waals surface area contributed by atoms with Crippen LogP contribution in [0.2, 0.25) is 0 Å². The summed E-state index contributed by atoms with van der Waals surface area (Å²) in [5, 5.41) is 7.36. The van der Waals surface area contributed by atoms with Crippen molar-refractivity contribution in [2.45, 2.75) is 45.2 Å². The number of aromatic nitrogens is 2. The highest BCUT2D eigenvalue weighted by Crippen LogP contribution is 2.23. The predicted octanol–water partition coefficient (Wildman–Crippen LogP) is 0.894. The third-order valence-corrected chi connectivity index (χ3v) is 4.66. The zero-order valence-electron chi connectivity index (χ0n) is 13.7. The number of nitrogens with zero attached hydrogens (tertiary/aromatic N) is 3. The second kappa shape index (κ2) is 6.70. The molecule has 3 rings (SSSR count). The van der Waals surface area contributed by atoms with E-state index in [1.54, 1.807) is 11.8 Å². The average molecular weight is 320 g/mol. The van der Waals surface area contributed by atoms with Crippen LogP contribution < -0.4 is 5.32 Å². The Morgan fingerprint density at radius 1 is 1.39 bits per heavy atom. The van der Waals surface area contributed by atoms with E-state index in [-0.39, 0.29) is 17.9 Å². The fraction of sp³-hybridized carbons (Fsp3) is 0.688. The van der Waals surface area contributed by atoms with Gasteiger partial charge in [-0.15, -0.1) is 0 Å². The molecule has 7 heteroatoms. The van der Waals surface area contributed by atoms with Gasteiger partial charge in [-0.05, 0) is 39.2 Å². The standard InChI is InChI=1S/C16H24N4O3/c1-11-10-14(18-20(11)13-4-8-23-9-5-13)16(22)19-7-3-6-17-15(21)12(19)2/h10,12-13H,3-9H2,1-2H3,(H,17,21)/t12-/m0/s1. The summed E-state index contributed by atoms with van der Waals surface area (Å²) in [7, 11) is 0. The van der Waals surface area contributed by atoms with Gasteiger partial charge in [0.05, 0.1) is 6.04 Å². The van der Waals surface area contributed by atoms with Gasteiger partial charge in [-0.25, -0.2) is 0 Å². The number of hydrogen-bond acceptors (Lipinski definition) is 4. The number of aryl methyl sites for hydroxylation is 1. The first-order valence-electron chi connectivity index (χ1n) is 8.30. The zero-order valence-corrected chi connectivity index (χ0v) is 13.7. The molecule has 7 nitrogen and oxygen atoms in total. The Balaban J connectivity index is 1.80. The summed E-state index contributed by atoms with van der Waals surface area (Å²) in [5.41, 5.74) is 1.41. The van der Waals surface area contributed by atoms with E-state index >= 15 is 0 Å². The van der Waals surface area contributed by atoms with E-state index in [1.807, 2.05) is 17.7 Å². The molecule has 2 aliphatic rings. The molecule has 23 heavy (non-hydrogen) atoms. The van der Waals surface area contributed by atoms with E-state index in [1.165, 1.54) is 0 Å². The summed E-state index contributed by atoms with van der Waals surface area (Å²) in [6.45, 7) is 6.39. The van der Waals surface area contributed by atoms with Gasteiger partial charge in [-0.2, -0.15) is 5.10 Å². The molecule has 0 unspecified atom stereocenters. The molecular weight excluding hydrogens is 296 g/mol. The Kier molecular flexibility index (Phi) is 4.66. The second-order valence-corrected chi connectivity index (χ2v) is 6.28. The Morgan fingerprint density at radius 3 is 2.87 bits per heavy atom. The average Bonchev–Trinajstić information content (AvgIpc) is 2.88. The highest BCUT2D eigenvalue weighted by molar-refractivity contribution is 5.96. The van der Waals surface area contributed by atoms with E-state index in [0.29, 0.717) is 18.8 Å². The van der Waals surface area contributed by atoms with Crippen LogP contribution in [0.4, 0.5) is 0 Å². The van der Waals surface area contributed by atoms with Crippen molar-refractivity contribution in [3.63, 3.8) is 0 Å². The maximum Gasteiger partial charge on any atom is 0.275 e. The van der Waals surface area contributed by atoms with Crippen molar-refractivity contribution in [1.82, 2.24) is 20.0 Å². The molecule has 1 aromatic heterocycles. The maximum absolute atomic E-state index is 12.8. The number of rotatable bonds is 2. The third kappa shape index (κ3) is 3.24. The minimum atomic E-state index is -0.460. The lowest BCUT2D eigenvalue weighted by atomic mass is 10.1. The summed E-state index contributed by atoms with van der Waals surface area (Å²) >= 11 is 0. The van der Waals surface area contributed by atoms with Gasteiger partial charge in [0.25, 0.3) is 5.91 Å². The molecule has 2 saturated heterocycles. The molecule has 2 amide bonds. The van der Waals surface area contributed by atoms with E-state index in [4.69, 9.17) is 4.74 Å². The lowest BCUT2D eigenvalue weighted by molar-refractivity contribution is -0.124. The molecule has 0 radical (unpaired) electrons. The van der Waals surface area contributed by atoms with Crippen LogP contribution in [0.1, 0.15) is 48.4 Å². The molecule has 2 aliphatic heterocycles. The van der Waals surface area contributed by atoms with Gasteiger partial charge in [0.2, 0.25) is 5.91 Å². The van der Waals surface area contributed by atoms with E-state index in [9.17, 15) is 9.59 Å². The Hall–Kier alpha value is -1.89. The summed E-state index contributed by atoms with van der Waals surface area (Å²) < 4.78 is 7.33. The Morgan fingerprint density at radius 2 is 2.13 bits per heavy atom. The number of carbonyl (C=O) groups excluding carboxylic acids is 2. The zero-order chi connectivity index (χ0) is 16.4. The van der Waals surface area contributed by atoms with Crippen LogP contribution in [0, 0.1) is 6.92 Å². The van der Waals surface area contributed by atoms with Crippen molar-refractivity contribution in [2.75, 3.05) is 26.3 Å². The SMILES string of the molecule is Cc1cc(C(=O)N2CCCNC(=O)[C@@H]2C)nn1C1CCOCC1. The van der Waals surface area contributed by atoms with Gasteiger partial charge >= 0.3 is 0 Å². The first kappa shape index (κ1) is 16.0. The first-order valence-corrected chi connectivity index (χ1v) is 8.30. The summed E-state index contributed by atoms with van der Waals surface area (Å²) in [6, 6.07) is 1.65. The lowest BCUT2D eigenvalue weighted by Crippen LogP contribution is -2.45. The van der Waals surface area contributed by atoms with E-state index < -0.39 is 6.04 Å². The molecule has 0 aromatic carbocycles. The van der Waals surface area contributed by atoms with Crippen LogP contribution in [0.3, 0.4) is 0 Å². The number of ether oxygens (including phenoxy) is 1. The molecule has 1 atom stereocenters. The smallest absolute Gasteiger partial charge is 0.275 e.